The van der Waals surface area contributed by atoms with Crippen LogP contribution in [0.25, 0.3) is 0 Å². The summed E-state index contributed by atoms with van der Waals surface area (Å²) in [5.41, 5.74) is 0.457. The van der Waals surface area contributed by atoms with Crippen LogP contribution in [-0.4, -0.2) is 35.9 Å². The van der Waals surface area contributed by atoms with E-state index < -0.39 is 12.7 Å². The number of likely N-dealkylation sites (tertiary alicyclic amines) is 1. The molecule has 8 heteroatoms. The van der Waals surface area contributed by atoms with Crippen LogP contribution in [0.2, 0.25) is 0 Å². The molecule has 1 aliphatic heterocycles. The number of benzene rings is 1. The molecule has 0 saturated carbocycles. The molecule has 0 aliphatic carbocycles. The summed E-state index contributed by atoms with van der Waals surface area (Å²) >= 11 is 1.35. The largest absolute Gasteiger partial charge is 0.434 e. The van der Waals surface area contributed by atoms with Gasteiger partial charge in [-0.3, -0.25) is 9.59 Å². The van der Waals surface area contributed by atoms with Crippen LogP contribution in [0.15, 0.2) is 41.8 Å². The molecule has 1 aromatic heterocycles. The van der Waals surface area contributed by atoms with Crippen LogP contribution in [0.1, 0.15) is 34.5 Å². The maximum atomic E-state index is 12.7. The summed E-state index contributed by atoms with van der Waals surface area (Å²) in [5, 5.41) is 4.58. The average molecular weight is 394 g/mol. The third-order valence-corrected chi connectivity index (χ3v) is 5.30. The molecule has 1 aliphatic rings. The van der Waals surface area contributed by atoms with E-state index in [1.54, 1.807) is 35.2 Å². The van der Waals surface area contributed by atoms with Crippen LogP contribution in [-0.2, 0) is 11.3 Å². The van der Waals surface area contributed by atoms with Crippen molar-refractivity contribution in [2.24, 2.45) is 0 Å². The number of thiophene rings is 1. The van der Waals surface area contributed by atoms with E-state index in [9.17, 15) is 18.4 Å². The predicted molar refractivity (Wildman–Crippen MR) is 97.9 cm³/mol. The van der Waals surface area contributed by atoms with E-state index in [0.29, 0.717) is 23.4 Å². The summed E-state index contributed by atoms with van der Waals surface area (Å²) in [6.07, 6.45) is 2.29. The molecule has 0 unspecified atom stereocenters. The number of para-hydroxylation sites is 1. The highest BCUT2D eigenvalue weighted by atomic mass is 32.1. The number of amides is 2. The lowest BCUT2D eigenvalue weighted by Crippen LogP contribution is -2.51. The Morgan fingerprint density at radius 3 is 2.78 bits per heavy atom. The van der Waals surface area contributed by atoms with Gasteiger partial charge in [0.25, 0.3) is 5.91 Å². The molecular formula is C19H20F2N2O3S. The number of hydrogen-bond acceptors (Lipinski definition) is 4. The zero-order valence-corrected chi connectivity index (χ0v) is 15.4. The van der Waals surface area contributed by atoms with Gasteiger partial charge in [0.2, 0.25) is 5.91 Å². The van der Waals surface area contributed by atoms with Crippen molar-refractivity contribution in [3.05, 3.63) is 52.2 Å². The normalized spacial score (nSPS) is 17.0. The number of halogens is 2. The number of nitrogens with one attached hydrogen (secondary N) is 1. The lowest BCUT2D eigenvalue weighted by atomic mass is 10.0. The van der Waals surface area contributed by atoms with Gasteiger partial charge in [-0.1, -0.05) is 24.3 Å². The van der Waals surface area contributed by atoms with Gasteiger partial charge < -0.3 is 15.0 Å². The second kappa shape index (κ2) is 8.94. The van der Waals surface area contributed by atoms with Crippen LogP contribution < -0.4 is 10.1 Å². The number of rotatable bonds is 6. The molecule has 0 spiro atoms. The molecule has 27 heavy (non-hydrogen) atoms. The van der Waals surface area contributed by atoms with Crippen molar-refractivity contribution < 1.29 is 23.1 Å². The van der Waals surface area contributed by atoms with Gasteiger partial charge in [0.05, 0.1) is 4.88 Å². The maximum absolute atomic E-state index is 12.7. The second-order valence-corrected chi connectivity index (χ2v) is 7.14. The fourth-order valence-electron chi connectivity index (χ4n) is 3.15. The molecule has 1 fully saturated rings. The highest BCUT2D eigenvalue weighted by Gasteiger charge is 2.32. The van der Waals surface area contributed by atoms with E-state index in [4.69, 9.17) is 0 Å². The Labute approximate surface area is 159 Å². The Morgan fingerprint density at radius 2 is 2.04 bits per heavy atom. The van der Waals surface area contributed by atoms with Gasteiger partial charge in [-0.2, -0.15) is 8.78 Å². The second-order valence-electron chi connectivity index (χ2n) is 6.19. The summed E-state index contributed by atoms with van der Waals surface area (Å²) in [6.45, 7) is -2.35. The van der Waals surface area contributed by atoms with Gasteiger partial charge in [-0.25, -0.2) is 0 Å². The molecule has 1 N–H and O–H groups in total. The van der Waals surface area contributed by atoms with E-state index >= 15 is 0 Å². The minimum atomic E-state index is -2.93. The molecule has 1 atom stereocenters. The first-order valence-corrected chi connectivity index (χ1v) is 9.59. The van der Waals surface area contributed by atoms with E-state index in [1.807, 2.05) is 5.38 Å². The van der Waals surface area contributed by atoms with E-state index in [1.165, 1.54) is 17.4 Å². The van der Waals surface area contributed by atoms with Gasteiger partial charge in [0, 0.05) is 18.7 Å². The molecule has 5 nitrogen and oxygen atoms in total. The molecule has 1 saturated heterocycles. The fraction of sp³-hybridized carbons (Fsp3) is 0.368. The third-order valence-electron chi connectivity index (χ3n) is 4.44. The van der Waals surface area contributed by atoms with Gasteiger partial charge in [-0.15, -0.1) is 11.3 Å². The number of carbonyl (C=O) groups is 2. The summed E-state index contributed by atoms with van der Waals surface area (Å²) in [7, 11) is 0. The molecule has 3 rings (SSSR count). The molecular weight excluding hydrogens is 374 g/mol. The van der Waals surface area contributed by atoms with E-state index in [-0.39, 0.29) is 24.1 Å². The minimum Gasteiger partial charge on any atom is -0.434 e. The monoisotopic (exact) mass is 394 g/mol. The van der Waals surface area contributed by atoms with E-state index in [0.717, 1.165) is 12.8 Å². The Bertz CT molecular complexity index is 783. The quantitative estimate of drug-likeness (QED) is 0.814. The highest BCUT2D eigenvalue weighted by Crippen LogP contribution is 2.23. The van der Waals surface area contributed by atoms with Crippen molar-refractivity contribution in [3.63, 3.8) is 0 Å². The van der Waals surface area contributed by atoms with Crippen LogP contribution in [0.5, 0.6) is 5.75 Å². The maximum Gasteiger partial charge on any atom is 0.387 e. The number of piperidine rings is 1. The molecule has 1 aromatic carbocycles. The third kappa shape index (κ3) is 4.82. The van der Waals surface area contributed by atoms with Crippen molar-refractivity contribution in [2.45, 2.75) is 38.5 Å². The Kier molecular flexibility index (Phi) is 6.39. The first kappa shape index (κ1) is 19.3. The van der Waals surface area contributed by atoms with Crippen molar-refractivity contribution in [1.29, 1.82) is 0 Å². The summed E-state index contributed by atoms with van der Waals surface area (Å²) in [6, 6.07) is 9.31. The summed E-state index contributed by atoms with van der Waals surface area (Å²) in [5.74, 6) is -0.402. The van der Waals surface area contributed by atoms with Gasteiger partial charge in [-0.05, 0) is 36.8 Å². The lowest BCUT2D eigenvalue weighted by molar-refractivity contribution is -0.126. The zero-order chi connectivity index (χ0) is 19.2. The molecule has 2 heterocycles. The van der Waals surface area contributed by atoms with Crippen LogP contribution in [0, 0.1) is 0 Å². The Hall–Kier alpha value is -2.48. The SMILES string of the molecule is O=C(NCc1ccccc1OC(F)F)[C@H]1CCCCN1C(=O)c1cccs1. The van der Waals surface area contributed by atoms with Crippen LogP contribution >= 0.6 is 11.3 Å². The van der Waals surface area contributed by atoms with Gasteiger partial charge in [0.15, 0.2) is 0 Å². The number of ether oxygens (including phenoxy) is 1. The zero-order valence-electron chi connectivity index (χ0n) is 14.6. The Morgan fingerprint density at radius 1 is 1.22 bits per heavy atom. The minimum absolute atomic E-state index is 0.0305. The molecule has 144 valence electrons. The van der Waals surface area contributed by atoms with Crippen molar-refractivity contribution in [2.75, 3.05) is 6.54 Å². The standard InChI is InChI=1S/C19H20F2N2O3S/c20-19(21)26-15-8-2-1-6-13(15)12-22-17(24)14-7-3-4-10-23(14)18(25)16-9-5-11-27-16/h1-2,5-6,8-9,11,14,19H,3-4,7,10,12H2,(H,22,24)/t14-/m1/s1. The topological polar surface area (TPSA) is 58.6 Å². The van der Waals surface area contributed by atoms with Crippen LogP contribution in [0.3, 0.4) is 0 Å². The first-order valence-electron chi connectivity index (χ1n) is 8.71. The first-order chi connectivity index (χ1) is 13.1. The summed E-state index contributed by atoms with van der Waals surface area (Å²) < 4.78 is 29.5. The fourth-order valence-corrected chi connectivity index (χ4v) is 3.83. The number of hydrogen-bond donors (Lipinski definition) is 1. The number of alkyl halides is 2. The molecule has 0 radical (unpaired) electrons. The molecule has 0 bridgehead atoms. The smallest absolute Gasteiger partial charge is 0.387 e. The highest BCUT2D eigenvalue weighted by molar-refractivity contribution is 7.12. The predicted octanol–water partition coefficient (Wildman–Crippen LogP) is 3.66. The molecule has 2 aromatic rings. The average Bonchev–Trinajstić information content (AvgIpc) is 3.21. The Balaban J connectivity index is 1.67. The van der Waals surface area contributed by atoms with E-state index in [2.05, 4.69) is 10.1 Å². The van der Waals surface area contributed by atoms with Gasteiger partial charge >= 0.3 is 6.61 Å². The number of nitrogens with zero attached hydrogens (tertiary/aromatic N) is 1. The lowest BCUT2D eigenvalue weighted by Gasteiger charge is -2.34. The van der Waals surface area contributed by atoms with Crippen molar-refractivity contribution in [3.8, 4) is 5.75 Å². The van der Waals surface area contributed by atoms with Crippen molar-refractivity contribution in [1.82, 2.24) is 10.2 Å². The van der Waals surface area contributed by atoms with Crippen molar-refractivity contribution >= 4 is 23.2 Å². The summed E-state index contributed by atoms with van der Waals surface area (Å²) in [4.78, 5) is 27.6. The van der Waals surface area contributed by atoms with Gasteiger partial charge in [0.1, 0.15) is 11.8 Å². The molecule has 2 amide bonds. The number of carbonyl (C=O) groups excluding carboxylic acids is 2. The van der Waals surface area contributed by atoms with Crippen LogP contribution in [0.4, 0.5) is 8.78 Å².